The Morgan fingerprint density at radius 3 is 2.65 bits per heavy atom. The minimum Gasteiger partial charge on any atom is -0.462 e. The highest BCUT2D eigenvalue weighted by atomic mass is 31.2. The smallest absolute Gasteiger partial charge is 0.459 e. The number of nitrogen functional groups attached to an aromatic ring is 1. The minimum atomic E-state index is -4.35. The summed E-state index contributed by atoms with van der Waals surface area (Å²) in [4.78, 5) is 25.3. The second-order valence-electron chi connectivity index (χ2n) is 11.1. The zero-order chi connectivity index (χ0) is 30.9. The van der Waals surface area contributed by atoms with Crippen LogP contribution in [0.1, 0.15) is 45.5 Å². The molecule has 1 aliphatic carbocycles. The molecule has 1 saturated carbocycles. The summed E-state index contributed by atoms with van der Waals surface area (Å²) in [7, 11) is -4.35. The van der Waals surface area contributed by atoms with Crippen molar-refractivity contribution in [3.63, 3.8) is 0 Å². The van der Waals surface area contributed by atoms with E-state index in [0.717, 1.165) is 12.8 Å². The van der Waals surface area contributed by atoms with E-state index in [2.05, 4.69) is 20.0 Å². The van der Waals surface area contributed by atoms with Gasteiger partial charge in [-0.1, -0.05) is 18.2 Å². The fourth-order valence-corrected chi connectivity index (χ4v) is 6.32. The quantitative estimate of drug-likeness (QED) is 0.161. The van der Waals surface area contributed by atoms with Gasteiger partial charge in [0.05, 0.1) is 31.3 Å². The third-order valence-corrected chi connectivity index (χ3v) is 8.82. The number of aliphatic hydroxyl groups is 2. The van der Waals surface area contributed by atoms with Crippen molar-refractivity contribution in [2.24, 2.45) is 5.92 Å². The largest absolute Gasteiger partial charge is 0.462 e. The highest BCUT2D eigenvalue weighted by Crippen LogP contribution is 2.48. The number of carbonyl (C=O) groups excluding carboxylic acids is 1. The van der Waals surface area contributed by atoms with Crippen molar-refractivity contribution in [3.8, 4) is 5.75 Å². The van der Waals surface area contributed by atoms with Crippen LogP contribution in [0.5, 0.6) is 5.75 Å². The predicted molar refractivity (Wildman–Crippen MR) is 151 cm³/mol. The predicted octanol–water partition coefficient (Wildman–Crippen LogP) is 2.45. The summed E-state index contributed by atoms with van der Waals surface area (Å²) >= 11 is 0. The number of nitrogens with one attached hydrogen (secondary N) is 1. The number of rotatable bonds is 13. The molecule has 1 aromatic carbocycles. The maximum absolute atomic E-state index is 16.3. The summed E-state index contributed by atoms with van der Waals surface area (Å²) in [5.74, 6) is -0.117. The van der Waals surface area contributed by atoms with Crippen LogP contribution in [0.15, 0.2) is 36.7 Å². The lowest BCUT2D eigenvalue weighted by Gasteiger charge is -2.27. The molecular formula is C27H36FN6O8P. The Bertz CT molecular complexity index is 1490. The molecule has 2 aromatic heterocycles. The molecule has 5 rings (SSSR count). The Morgan fingerprint density at radius 2 is 2.00 bits per heavy atom. The number of alkyl halides is 1. The van der Waals surface area contributed by atoms with Crippen molar-refractivity contribution in [1.82, 2.24) is 24.6 Å². The van der Waals surface area contributed by atoms with Gasteiger partial charge in [0.15, 0.2) is 11.9 Å². The Morgan fingerprint density at radius 1 is 1.28 bits per heavy atom. The second kappa shape index (κ2) is 12.4. The average Bonchev–Trinajstić information content (AvgIpc) is 3.62. The van der Waals surface area contributed by atoms with Crippen molar-refractivity contribution >= 4 is 30.8 Å². The first-order valence-electron chi connectivity index (χ1n) is 14.0. The summed E-state index contributed by atoms with van der Waals surface area (Å²) in [6.07, 6.45) is -1.34. The first-order chi connectivity index (χ1) is 20.4. The number of hydrogen-bond acceptors (Lipinski definition) is 12. The molecule has 3 aromatic rings. The number of esters is 1. The normalized spacial score (nSPS) is 26.0. The third-order valence-electron chi connectivity index (χ3n) is 7.18. The molecule has 3 heterocycles. The Kier molecular flexibility index (Phi) is 9.02. The number of para-hydroxylation sites is 1. The molecule has 0 radical (unpaired) electrons. The Hall–Kier alpha value is -3.20. The van der Waals surface area contributed by atoms with E-state index in [-0.39, 0.29) is 17.3 Å². The highest BCUT2D eigenvalue weighted by molar-refractivity contribution is 7.52. The molecule has 6 atom stereocenters. The van der Waals surface area contributed by atoms with Crippen LogP contribution in [0.2, 0.25) is 0 Å². The minimum absolute atomic E-state index is 0.0352. The van der Waals surface area contributed by atoms with Gasteiger partial charge in [-0.15, -0.1) is 0 Å². The first-order valence-corrected chi connectivity index (χ1v) is 15.6. The third kappa shape index (κ3) is 6.82. The van der Waals surface area contributed by atoms with Crippen LogP contribution in [-0.4, -0.2) is 78.9 Å². The van der Waals surface area contributed by atoms with Crippen LogP contribution in [0.4, 0.5) is 10.3 Å². The van der Waals surface area contributed by atoms with Crippen molar-refractivity contribution < 1.29 is 42.5 Å². The Labute approximate surface area is 247 Å². The summed E-state index contributed by atoms with van der Waals surface area (Å²) in [5.41, 5.74) is 4.42. The van der Waals surface area contributed by atoms with Crippen LogP contribution in [0.25, 0.3) is 11.2 Å². The molecule has 1 unspecified atom stereocenters. The van der Waals surface area contributed by atoms with Crippen molar-refractivity contribution in [3.05, 3.63) is 42.4 Å². The summed E-state index contributed by atoms with van der Waals surface area (Å²) < 4.78 is 53.6. The number of benzene rings is 1. The zero-order valence-corrected chi connectivity index (χ0v) is 24.9. The number of halogens is 1. The molecule has 0 bridgehead atoms. The van der Waals surface area contributed by atoms with Gasteiger partial charge in [-0.2, -0.15) is 10.1 Å². The number of hydrogen-bond donors (Lipinski definition) is 4. The standard InChI is InChI=1S/C27H36FN6O8P/c1-15(2)40-24(37)16(3)33-43(38,42-18-7-5-4-6-8-18)39-12-20-22(36)27(28,13-35)25(41-20)34-14-30-21-19(11-17-9-10-17)31-26(29)32-23(21)34/h4-8,14-17,20,22,25,35-36H,9-13H2,1-3H3,(H,33,38)(H2,29,31,32)/t16-,20+,22+,25+,27+,43?/m0/s1. The van der Waals surface area contributed by atoms with Gasteiger partial charge >= 0.3 is 13.7 Å². The number of nitrogens with zero attached hydrogens (tertiary/aromatic N) is 4. The summed E-state index contributed by atoms with van der Waals surface area (Å²) in [6, 6.07) is 6.94. The number of imidazole rings is 1. The first kappa shape index (κ1) is 31.2. The van der Waals surface area contributed by atoms with Crippen LogP contribution in [0, 0.1) is 5.92 Å². The molecule has 2 fully saturated rings. The molecule has 0 amide bonds. The Balaban J connectivity index is 1.38. The van der Waals surface area contributed by atoms with Gasteiger partial charge < -0.3 is 29.9 Å². The number of fused-ring (bicyclic) bond motifs is 1. The van der Waals surface area contributed by atoms with Crippen LogP contribution in [0.3, 0.4) is 0 Å². The van der Waals surface area contributed by atoms with E-state index in [1.807, 2.05) is 0 Å². The average molecular weight is 623 g/mol. The lowest BCUT2D eigenvalue weighted by Crippen LogP contribution is -2.46. The van der Waals surface area contributed by atoms with Crippen molar-refractivity contribution in [2.75, 3.05) is 18.9 Å². The number of aromatic nitrogens is 4. The molecule has 16 heteroatoms. The molecular weight excluding hydrogens is 586 g/mol. The molecule has 2 aliphatic rings. The van der Waals surface area contributed by atoms with Crippen LogP contribution < -0.4 is 15.3 Å². The number of carbonyl (C=O) groups is 1. The van der Waals surface area contributed by atoms with E-state index in [0.29, 0.717) is 23.5 Å². The summed E-state index contributed by atoms with van der Waals surface area (Å²) in [5, 5.41) is 23.6. The molecule has 1 aliphatic heterocycles. The number of aliphatic hydroxyl groups excluding tert-OH is 2. The monoisotopic (exact) mass is 622 g/mol. The van der Waals surface area contributed by atoms with Crippen molar-refractivity contribution in [1.29, 1.82) is 0 Å². The van der Waals surface area contributed by atoms with E-state index in [4.69, 9.17) is 24.3 Å². The van der Waals surface area contributed by atoms with Gasteiger partial charge in [0, 0.05) is 0 Å². The van der Waals surface area contributed by atoms with E-state index < -0.39 is 63.2 Å². The number of anilines is 1. The van der Waals surface area contributed by atoms with Crippen LogP contribution in [-0.2, 0) is 29.8 Å². The van der Waals surface area contributed by atoms with E-state index in [1.165, 1.54) is 30.0 Å². The lowest BCUT2D eigenvalue weighted by atomic mass is 9.97. The van der Waals surface area contributed by atoms with E-state index in [9.17, 15) is 19.6 Å². The van der Waals surface area contributed by atoms with Gasteiger partial charge in [-0.3, -0.25) is 13.9 Å². The van der Waals surface area contributed by atoms with Crippen molar-refractivity contribution in [2.45, 2.75) is 76.3 Å². The maximum atomic E-state index is 16.3. The highest BCUT2D eigenvalue weighted by Gasteiger charge is 2.59. The second-order valence-corrected chi connectivity index (χ2v) is 12.8. The molecule has 234 valence electrons. The lowest BCUT2D eigenvalue weighted by molar-refractivity contribution is -0.149. The van der Waals surface area contributed by atoms with Crippen LogP contribution >= 0.6 is 7.75 Å². The van der Waals surface area contributed by atoms with Gasteiger partial charge in [0.1, 0.15) is 29.5 Å². The number of nitrogens with two attached hydrogens (primary N) is 1. The fourth-order valence-electron chi connectivity index (χ4n) is 4.82. The zero-order valence-electron chi connectivity index (χ0n) is 24.0. The SMILES string of the molecule is CC(C)OC(=O)[C@H](C)NP(=O)(OC[C@H]1O[C@@H](n2cnc3c(CC4CC4)nc(N)nc32)[C@@](F)(CO)[C@@H]1O)Oc1ccccc1. The summed E-state index contributed by atoms with van der Waals surface area (Å²) in [6.45, 7) is 2.97. The molecule has 5 N–H and O–H groups in total. The van der Waals surface area contributed by atoms with Gasteiger partial charge in [-0.05, 0) is 58.1 Å². The van der Waals surface area contributed by atoms with E-state index in [1.54, 1.807) is 32.0 Å². The van der Waals surface area contributed by atoms with Gasteiger partial charge in [0.2, 0.25) is 11.6 Å². The topological polar surface area (TPSA) is 193 Å². The molecule has 43 heavy (non-hydrogen) atoms. The van der Waals surface area contributed by atoms with Gasteiger partial charge in [0.25, 0.3) is 0 Å². The van der Waals surface area contributed by atoms with E-state index >= 15 is 4.39 Å². The molecule has 0 spiro atoms. The fraction of sp³-hybridized carbons (Fsp3) is 0.556. The maximum Gasteiger partial charge on any atom is 0.459 e. The number of ether oxygens (including phenoxy) is 2. The van der Waals surface area contributed by atoms with Gasteiger partial charge in [-0.25, -0.2) is 18.9 Å². The molecule has 14 nitrogen and oxygen atoms in total. The molecule has 1 saturated heterocycles.